The quantitative estimate of drug-likeness (QED) is 0.0870. The minimum atomic E-state index is -1.05. The highest BCUT2D eigenvalue weighted by Gasteiger charge is 2.12. The molecule has 0 aromatic heterocycles. The molecule has 0 aliphatic rings. The summed E-state index contributed by atoms with van der Waals surface area (Å²) in [4.78, 5) is 23.0. The molecule has 2 N–H and O–H groups in total. The van der Waals surface area contributed by atoms with E-state index in [-0.39, 0.29) is 5.56 Å². The Hall–Kier alpha value is -3.78. The van der Waals surface area contributed by atoms with E-state index in [1.54, 1.807) is 52.7 Å². The molecule has 0 aliphatic carbocycles. The lowest BCUT2D eigenvalue weighted by molar-refractivity contribution is 0.0528. The summed E-state index contributed by atoms with van der Waals surface area (Å²) in [5.41, 5.74) is 0.439. The number of carboxylic acids is 1. The van der Waals surface area contributed by atoms with Gasteiger partial charge < -0.3 is 71.8 Å². The molecule has 17 heteroatoms. The van der Waals surface area contributed by atoms with Gasteiger partial charge in [-0.15, -0.1) is 0 Å². The maximum Gasteiger partial charge on any atom is 0.338 e. The van der Waals surface area contributed by atoms with Crippen LogP contribution in [0.2, 0.25) is 0 Å². The number of ether oxygens (including phenoxy) is 13. The number of carboxylic acid groups (broad SMARTS) is 1. The molecule has 2 aromatic carbocycles. The second kappa shape index (κ2) is 35.3. The SMILES string of the molecule is CO.COCCOCCOc1cc(OCCOCCOC)cc(C(=O)O)c1.COCCOCCOc1cc(OCCOCCOC)cc(C(=O)OC)c1. The number of aliphatic hydroxyl groups is 1. The van der Waals surface area contributed by atoms with Gasteiger partial charge in [-0.25, -0.2) is 9.59 Å². The lowest BCUT2D eigenvalue weighted by Gasteiger charge is -2.12. The van der Waals surface area contributed by atoms with Crippen LogP contribution in [0.25, 0.3) is 0 Å². The van der Waals surface area contributed by atoms with Crippen molar-refractivity contribution in [2.75, 3.05) is 148 Å². The molecule has 0 atom stereocenters. The topological polar surface area (TPSA) is 195 Å². The van der Waals surface area contributed by atoms with Gasteiger partial charge in [0.15, 0.2) is 0 Å². The summed E-state index contributed by atoms with van der Waals surface area (Å²) >= 11 is 0. The van der Waals surface area contributed by atoms with Gasteiger partial charge in [0.2, 0.25) is 0 Å². The van der Waals surface area contributed by atoms with Gasteiger partial charge in [-0.05, 0) is 24.3 Å². The summed E-state index contributed by atoms with van der Waals surface area (Å²) in [7, 11) is 8.75. The molecule has 17 nitrogen and oxygen atoms in total. The lowest BCUT2D eigenvalue weighted by Crippen LogP contribution is -2.12. The molecule has 2 aromatic rings. The second-order valence-corrected chi connectivity index (χ2v) is 10.00. The predicted octanol–water partition coefficient (Wildman–Crippen LogP) is 2.63. The first-order valence-corrected chi connectivity index (χ1v) is 16.7. The number of aliphatic hydroxyl groups excluding tert-OH is 1. The minimum Gasteiger partial charge on any atom is -0.491 e. The normalized spacial score (nSPS) is 10.3. The van der Waals surface area contributed by atoms with Gasteiger partial charge in [-0.1, -0.05) is 0 Å². The van der Waals surface area contributed by atoms with Crippen molar-refractivity contribution in [1.82, 2.24) is 0 Å². The highest BCUT2D eigenvalue weighted by Crippen LogP contribution is 2.24. The van der Waals surface area contributed by atoms with Gasteiger partial charge >= 0.3 is 11.9 Å². The smallest absolute Gasteiger partial charge is 0.338 e. The average Bonchev–Trinajstić information content (AvgIpc) is 3.17. The number of benzene rings is 2. The molecule has 53 heavy (non-hydrogen) atoms. The molecule has 0 radical (unpaired) electrons. The fourth-order valence-electron chi connectivity index (χ4n) is 3.69. The number of esters is 1. The summed E-state index contributed by atoms with van der Waals surface area (Å²) in [6, 6.07) is 9.43. The second-order valence-electron chi connectivity index (χ2n) is 10.00. The third-order valence-electron chi connectivity index (χ3n) is 6.14. The zero-order valence-corrected chi connectivity index (χ0v) is 31.8. The van der Waals surface area contributed by atoms with E-state index in [1.165, 1.54) is 19.2 Å². The van der Waals surface area contributed by atoms with Gasteiger partial charge in [0.05, 0.1) is 97.5 Å². The number of carbonyl (C=O) groups is 2. The lowest BCUT2D eigenvalue weighted by atomic mass is 10.2. The molecular formula is C36H58O17. The summed E-state index contributed by atoms with van der Waals surface area (Å²) in [6.45, 7) is 6.90. The summed E-state index contributed by atoms with van der Waals surface area (Å²) in [6.07, 6.45) is 0. The Morgan fingerprint density at radius 2 is 0.679 bits per heavy atom. The zero-order chi connectivity index (χ0) is 39.4. The Morgan fingerprint density at radius 1 is 0.415 bits per heavy atom. The number of rotatable bonds is 30. The van der Waals surface area contributed by atoms with Gasteiger partial charge in [-0.2, -0.15) is 0 Å². The fraction of sp³-hybridized carbons (Fsp3) is 0.611. The van der Waals surface area contributed by atoms with Crippen LogP contribution in [0.15, 0.2) is 36.4 Å². The van der Waals surface area contributed by atoms with Crippen molar-refractivity contribution in [2.24, 2.45) is 0 Å². The van der Waals surface area contributed by atoms with Crippen LogP contribution < -0.4 is 18.9 Å². The van der Waals surface area contributed by atoms with Crippen molar-refractivity contribution in [3.05, 3.63) is 47.5 Å². The Balaban J connectivity index is 0.000000975. The minimum absolute atomic E-state index is 0.0908. The molecule has 0 heterocycles. The van der Waals surface area contributed by atoms with E-state index in [1.807, 2.05) is 0 Å². The van der Waals surface area contributed by atoms with Crippen molar-refractivity contribution < 1.29 is 81.4 Å². The van der Waals surface area contributed by atoms with Gasteiger partial charge in [0.1, 0.15) is 49.4 Å². The molecule has 0 spiro atoms. The number of hydrogen-bond acceptors (Lipinski definition) is 16. The van der Waals surface area contributed by atoms with Crippen molar-refractivity contribution >= 4 is 11.9 Å². The van der Waals surface area contributed by atoms with E-state index >= 15 is 0 Å². The number of carbonyl (C=O) groups excluding carboxylic acids is 1. The first-order valence-electron chi connectivity index (χ1n) is 16.7. The molecule has 0 aliphatic heterocycles. The number of methoxy groups -OCH3 is 5. The summed E-state index contributed by atoms with van der Waals surface area (Å²) in [5.74, 6) is 0.296. The number of hydrogen-bond donors (Lipinski definition) is 2. The fourth-order valence-corrected chi connectivity index (χ4v) is 3.69. The molecule has 0 fully saturated rings. The maximum absolute atomic E-state index is 11.8. The Bertz CT molecular complexity index is 1110. The van der Waals surface area contributed by atoms with Gasteiger partial charge in [0.25, 0.3) is 0 Å². The first kappa shape index (κ1) is 49.2. The monoisotopic (exact) mass is 762 g/mol. The van der Waals surface area contributed by atoms with E-state index in [0.717, 1.165) is 7.11 Å². The van der Waals surface area contributed by atoms with Crippen molar-refractivity contribution in [3.8, 4) is 23.0 Å². The van der Waals surface area contributed by atoms with E-state index in [4.69, 9.17) is 66.7 Å². The van der Waals surface area contributed by atoms with Crippen LogP contribution in [0.5, 0.6) is 23.0 Å². The zero-order valence-electron chi connectivity index (χ0n) is 31.8. The summed E-state index contributed by atoms with van der Waals surface area (Å²) < 4.78 is 67.8. The molecular weight excluding hydrogens is 704 g/mol. The Morgan fingerprint density at radius 3 is 0.925 bits per heavy atom. The molecule has 0 saturated carbocycles. The van der Waals surface area contributed by atoms with Crippen molar-refractivity contribution in [2.45, 2.75) is 0 Å². The molecule has 0 saturated heterocycles. The van der Waals surface area contributed by atoms with Crippen LogP contribution in [0, 0.1) is 0 Å². The third-order valence-corrected chi connectivity index (χ3v) is 6.14. The van der Waals surface area contributed by atoms with Crippen molar-refractivity contribution in [3.63, 3.8) is 0 Å². The largest absolute Gasteiger partial charge is 0.491 e. The highest BCUT2D eigenvalue weighted by molar-refractivity contribution is 5.90. The molecule has 2 rings (SSSR count). The standard InChI is InChI=1S/C18H28O8.C17H26O8.CH4O/c1-20-4-6-23-8-10-25-16-12-15(18(19)22-3)13-17(14-16)26-11-9-24-7-5-21-2;1-20-3-5-22-7-9-24-15-11-14(17(18)19)12-16(13-15)25-10-8-23-6-4-21-2;1-2/h12-14H,4-11H2,1-3H3;11-13H,3-10H2,1-2H3,(H,18,19);2H,1H3. The third kappa shape index (κ3) is 26.6. The van der Waals surface area contributed by atoms with E-state index < -0.39 is 11.9 Å². The van der Waals surface area contributed by atoms with Gasteiger partial charge in [-0.3, -0.25) is 0 Å². The van der Waals surface area contributed by atoms with E-state index in [9.17, 15) is 14.7 Å². The van der Waals surface area contributed by atoms with Crippen LogP contribution in [0.1, 0.15) is 20.7 Å². The van der Waals surface area contributed by atoms with E-state index in [2.05, 4.69) is 0 Å². The summed E-state index contributed by atoms with van der Waals surface area (Å²) in [5, 5.41) is 16.2. The molecule has 0 bridgehead atoms. The molecule has 0 amide bonds. The number of aromatic carboxylic acids is 1. The van der Waals surface area contributed by atoms with Crippen molar-refractivity contribution in [1.29, 1.82) is 0 Å². The van der Waals surface area contributed by atoms with Crippen LogP contribution >= 0.6 is 0 Å². The van der Waals surface area contributed by atoms with E-state index in [0.29, 0.717) is 134 Å². The molecule has 0 unspecified atom stereocenters. The Kier molecular flexibility index (Phi) is 32.7. The Labute approximate surface area is 312 Å². The molecule has 304 valence electrons. The highest BCUT2D eigenvalue weighted by atomic mass is 16.6. The predicted molar refractivity (Wildman–Crippen MR) is 192 cm³/mol. The van der Waals surface area contributed by atoms with Crippen LogP contribution in [-0.2, 0) is 42.6 Å². The average molecular weight is 763 g/mol. The first-order chi connectivity index (χ1) is 25.9. The van der Waals surface area contributed by atoms with Gasteiger partial charge in [0, 0.05) is 47.7 Å². The van der Waals surface area contributed by atoms with Crippen LogP contribution in [0.4, 0.5) is 0 Å². The van der Waals surface area contributed by atoms with Crippen LogP contribution in [-0.4, -0.2) is 171 Å². The van der Waals surface area contributed by atoms with Crippen LogP contribution in [0.3, 0.4) is 0 Å². The maximum atomic E-state index is 11.8.